The lowest BCUT2D eigenvalue weighted by Crippen LogP contribution is -2.63. The van der Waals surface area contributed by atoms with Crippen molar-refractivity contribution in [2.24, 2.45) is 29.6 Å². The highest BCUT2D eigenvalue weighted by Gasteiger charge is 2.62. The third-order valence-electron chi connectivity index (χ3n) is 6.94. The van der Waals surface area contributed by atoms with Crippen LogP contribution in [-0.2, 0) is 9.53 Å². The van der Waals surface area contributed by atoms with Crippen LogP contribution in [0.5, 0.6) is 0 Å². The monoisotopic (exact) mass is 318 g/mol. The number of hydrogen-bond acceptors (Lipinski definition) is 2. The first kappa shape index (κ1) is 17.0. The lowest BCUT2D eigenvalue weighted by atomic mass is 9.46. The lowest BCUT2D eigenvalue weighted by Gasteiger charge is -2.62. The molecule has 0 heterocycles. The number of hydrogen-bond donors (Lipinski definition) is 0. The minimum atomic E-state index is -0.185. The van der Waals surface area contributed by atoms with Crippen LogP contribution < -0.4 is 0 Å². The summed E-state index contributed by atoms with van der Waals surface area (Å²) in [4.78, 5) is 12.5. The summed E-state index contributed by atoms with van der Waals surface area (Å²) in [6.45, 7) is 10.2. The Bertz CT molecular complexity index is 430. The zero-order chi connectivity index (χ0) is 16.6. The van der Waals surface area contributed by atoms with E-state index < -0.39 is 0 Å². The van der Waals surface area contributed by atoms with Gasteiger partial charge in [-0.1, -0.05) is 33.3 Å². The molecule has 4 aliphatic carbocycles. The van der Waals surface area contributed by atoms with Gasteiger partial charge >= 0.3 is 5.97 Å². The average Bonchev–Trinajstić information content (AvgIpc) is 2.50. The first-order valence-electron chi connectivity index (χ1n) is 9.90. The van der Waals surface area contributed by atoms with Gasteiger partial charge in [0.15, 0.2) is 0 Å². The van der Waals surface area contributed by atoms with Crippen LogP contribution >= 0.6 is 0 Å². The summed E-state index contributed by atoms with van der Waals surface area (Å²) in [7, 11) is 0. The first-order chi connectivity index (χ1) is 11.0. The van der Waals surface area contributed by atoms with E-state index in [0.29, 0.717) is 23.3 Å². The van der Waals surface area contributed by atoms with E-state index in [0.717, 1.165) is 11.8 Å². The third kappa shape index (κ3) is 2.87. The largest absolute Gasteiger partial charge is 0.455 e. The Morgan fingerprint density at radius 3 is 1.91 bits per heavy atom. The Kier molecular flexibility index (Phi) is 4.90. The molecule has 2 nitrogen and oxygen atoms in total. The molecule has 2 heteroatoms. The number of rotatable bonds is 7. The molecule has 4 fully saturated rings. The molecule has 0 aliphatic heterocycles. The van der Waals surface area contributed by atoms with E-state index in [2.05, 4.69) is 20.4 Å². The van der Waals surface area contributed by atoms with Crippen molar-refractivity contribution in [3.63, 3.8) is 0 Å². The number of ether oxygens (including phenoxy) is 1. The molecule has 4 saturated carbocycles. The number of carbonyl (C=O) groups is 1. The van der Waals surface area contributed by atoms with Crippen molar-refractivity contribution in [1.29, 1.82) is 0 Å². The van der Waals surface area contributed by atoms with Crippen LogP contribution in [0.25, 0.3) is 0 Å². The molecule has 0 aromatic heterocycles. The van der Waals surface area contributed by atoms with Gasteiger partial charge in [-0.15, -0.1) is 0 Å². The van der Waals surface area contributed by atoms with Crippen LogP contribution in [0.1, 0.15) is 78.6 Å². The minimum absolute atomic E-state index is 0.144. The highest BCUT2D eigenvalue weighted by atomic mass is 16.6. The molecular weight excluding hydrogens is 284 g/mol. The van der Waals surface area contributed by atoms with E-state index >= 15 is 0 Å². The Morgan fingerprint density at radius 1 is 1.04 bits per heavy atom. The Hall–Kier alpha value is -0.790. The lowest BCUT2D eigenvalue weighted by molar-refractivity contribution is -0.227. The highest BCUT2D eigenvalue weighted by Crippen LogP contribution is 2.63. The van der Waals surface area contributed by atoms with Gasteiger partial charge in [0.25, 0.3) is 0 Å². The van der Waals surface area contributed by atoms with Crippen molar-refractivity contribution in [1.82, 2.24) is 0 Å². The summed E-state index contributed by atoms with van der Waals surface area (Å²) in [5, 5.41) is 0. The van der Waals surface area contributed by atoms with Crippen molar-refractivity contribution in [3.05, 3.63) is 12.2 Å². The molecule has 23 heavy (non-hydrogen) atoms. The predicted octanol–water partition coefficient (Wildman–Crippen LogP) is 5.52. The van der Waals surface area contributed by atoms with Crippen LogP contribution in [0.4, 0.5) is 0 Å². The van der Waals surface area contributed by atoms with Crippen LogP contribution in [0.2, 0.25) is 0 Å². The van der Waals surface area contributed by atoms with E-state index in [-0.39, 0.29) is 11.6 Å². The second-order valence-electron chi connectivity index (χ2n) is 8.60. The summed E-state index contributed by atoms with van der Waals surface area (Å²) in [6, 6.07) is 0. The molecule has 0 radical (unpaired) electrons. The fourth-order valence-corrected chi connectivity index (χ4v) is 6.38. The minimum Gasteiger partial charge on any atom is -0.455 e. The van der Waals surface area contributed by atoms with Crippen LogP contribution in [0.15, 0.2) is 12.2 Å². The zero-order valence-electron chi connectivity index (χ0n) is 15.3. The average molecular weight is 319 g/mol. The molecule has 0 atom stereocenters. The molecule has 0 N–H and O–H groups in total. The quantitative estimate of drug-likeness (QED) is 0.456. The van der Waals surface area contributed by atoms with Gasteiger partial charge in [-0.05, 0) is 81.5 Å². The maximum atomic E-state index is 12.5. The van der Waals surface area contributed by atoms with Crippen LogP contribution in [-0.4, -0.2) is 11.6 Å². The van der Waals surface area contributed by atoms with Gasteiger partial charge in [0.1, 0.15) is 5.60 Å². The molecule has 0 aromatic rings. The molecule has 0 amide bonds. The molecule has 0 unspecified atom stereocenters. The molecule has 4 rings (SSSR count). The van der Waals surface area contributed by atoms with Crippen molar-refractivity contribution >= 4 is 5.97 Å². The van der Waals surface area contributed by atoms with Crippen molar-refractivity contribution in [3.8, 4) is 0 Å². The van der Waals surface area contributed by atoms with E-state index in [4.69, 9.17) is 4.74 Å². The van der Waals surface area contributed by atoms with E-state index in [1.165, 1.54) is 57.8 Å². The summed E-state index contributed by atoms with van der Waals surface area (Å²) < 4.78 is 6.41. The van der Waals surface area contributed by atoms with E-state index in [1.807, 2.05) is 0 Å². The first-order valence-corrected chi connectivity index (χ1v) is 9.90. The Balaban J connectivity index is 1.95. The van der Waals surface area contributed by atoms with Crippen molar-refractivity contribution < 1.29 is 9.53 Å². The summed E-state index contributed by atoms with van der Waals surface area (Å²) in [5.41, 5.74) is 0.375. The molecule has 4 bridgehead atoms. The molecule has 0 spiro atoms. The Labute approximate surface area is 142 Å². The van der Waals surface area contributed by atoms with Gasteiger partial charge in [0, 0.05) is 5.57 Å². The SMILES string of the molecule is C=C(C)C(=O)OC1(C(CCC)CCC)C2CC3CC(C2)CC1C3. The van der Waals surface area contributed by atoms with Crippen molar-refractivity contribution in [2.75, 3.05) is 0 Å². The summed E-state index contributed by atoms with van der Waals surface area (Å²) >= 11 is 0. The smallest absolute Gasteiger partial charge is 0.333 e. The molecule has 4 aliphatic rings. The Morgan fingerprint density at radius 2 is 1.52 bits per heavy atom. The number of esters is 1. The van der Waals surface area contributed by atoms with Gasteiger partial charge in [-0.3, -0.25) is 0 Å². The third-order valence-corrected chi connectivity index (χ3v) is 6.94. The normalized spacial score (nSPS) is 38.1. The molecular formula is C21H34O2. The molecule has 0 saturated heterocycles. The van der Waals surface area contributed by atoms with Crippen LogP contribution in [0, 0.1) is 29.6 Å². The van der Waals surface area contributed by atoms with Gasteiger partial charge in [0.05, 0.1) is 0 Å². The van der Waals surface area contributed by atoms with Gasteiger partial charge in [0.2, 0.25) is 0 Å². The molecule has 0 aromatic carbocycles. The van der Waals surface area contributed by atoms with E-state index in [9.17, 15) is 4.79 Å². The van der Waals surface area contributed by atoms with Gasteiger partial charge < -0.3 is 4.74 Å². The molecule has 130 valence electrons. The predicted molar refractivity (Wildman–Crippen MR) is 94.0 cm³/mol. The maximum Gasteiger partial charge on any atom is 0.333 e. The summed E-state index contributed by atoms with van der Waals surface area (Å²) in [6.07, 6.45) is 11.4. The summed E-state index contributed by atoms with van der Waals surface area (Å²) in [5.74, 6) is 3.40. The maximum absolute atomic E-state index is 12.5. The van der Waals surface area contributed by atoms with Crippen molar-refractivity contribution in [2.45, 2.75) is 84.2 Å². The number of carbonyl (C=O) groups excluding carboxylic acids is 1. The van der Waals surface area contributed by atoms with Gasteiger partial charge in [-0.2, -0.15) is 0 Å². The van der Waals surface area contributed by atoms with Gasteiger partial charge in [-0.25, -0.2) is 4.79 Å². The highest BCUT2D eigenvalue weighted by molar-refractivity contribution is 5.87. The van der Waals surface area contributed by atoms with Crippen LogP contribution in [0.3, 0.4) is 0 Å². The standard InChI is InChI=1S/C21H34O2/c1-5-7-17(8-6-2)21(23-20(22)14(3)4)18-10-15-9-16(12-18)13-19(21)11-15/h15-19H,3,5-13H2,1-2,4H3. The fourth-order valence-electron chi connectivity index (χ4n) is 6.38. The zero-order valence-corrected chi connectivity index (χ0v) is 15.3. The second kappa shape index (κ2) is 6.61. The second-order valence-corrected chi connectivity index (χ2v) is 8.60. The fraction of sp³-hybridized carbons (Fsp3) is 0.857. The van der Waals surface area contributed by atoms with E-state index in [1.54, 1.807) is 6.92 Å². The topological polar surface area (TPSA) is 26.3 Å².